The molecule has 5 nitrogen and oxygen atoms in total. The highest BCUT2D eigenvalue weighted by Crippen LogP contribution is 2.27. The van der Waals surface area contributed by atoms with Gasteiger partial charge in [-0.3, -0.25) is 0 Å². The minimum atomic E-state index is 0.356. The summed E-state index contributed by atoms with van der Waals surface area (Å²) >= 11 is 6.21. The van der Waals surface area contributed by atoms with Gasteiger partial charge in [0.1, 0.15) is 5.02 Å². The molecule has 0 bridgehead atoms. The Hall–Kier alpha value is -1.07. The number of ether oxygens (including phenoxy) is 1. The highest BCUT2D eigenvalue weighted by molar-refractivity contribution is 6.32. The summed E-state index contributed by atoms with van der Waals surface area (Å²) in [6.45, 7) is 4.82. The molecular formula is C13H21ClN4O. The molecule has 1 aliphatic rings. The van der Waals surface area contributed by atoms with Crippen LogP contribution in [-0.4, -0.2) is 42.8 Å². The Morgan fingerprint density at radius 2 is 2.21 bits per heavy atom. The Morgan fingerprint density at radius 1 is 1.47 bits per heavy atom. The maximum Gasteiger partial charge on any atom is 0.224 e. The molecule has 106 valence electrons. The molecule has 2 heterocycles. The van der Waals surface area contributed by atoms with Gasteiger partial charge < -0.3 is 15.0 Å². The van der Waals surface area contributed by atoms with E-state index >= 15 is 0 Å². The molecule has 0 spiro atoms. The molecule has 1 aromatic rings. The number of nitrogens with zero attached hydrogens (tertiary/aromatic N) is 3. The number of nitrogens with one attached hydrogen (secondary N) is 1. The second kappa shape index (κ2) is 6.91. The Balaban J connectivity index is 2.06. The zero-order chi connectivity index (χ0) is 13.7. The average molecular weight is 285 g/mol. The second-order valence-corrected chi connectivity index (χ2v) is 5.12. The SMILES string of the molecule is CCCNc1ncc(Cl)c(N2CCC(OC)CC2)n1. The number of rotatable bonds is 5. The van der Waals surface area contributed by atoms with E-state index < -0.39 is 0 Å². The van der Waals surface area contributed by atoms with Crippen molar-refractivity contribution >= 4 is 23.4 Å². The molecule has 0 unspecified atom stereocenters. The molecule has 1 fully saturated rings. The summed E-state index contributed by atoms with van der Waals surface area (Å²) in [5.41, 5.74) is 0. The fourth-order valence-corrected chi connectivity index (χ4v) is 2.42. The molecule has 1 aliphatic heterocycles. The molecule has 1 aromatic heterocycles. The highest BCUT2D eigenvalue weighted by Gasteiger charge is 2.21. The quantitative estimate of drug-likeness (QED) is 0.900. The predicted molar refractivity (Wildman–Crippen MR) is 78.1 cm³/mol. The van der Waals surface area contributed by atoms with Crippen LogP contribution in [0.25, 0.3) is 0 Å². The Kier molecular flexibility index (Phi) is 5.22. The van der Waals surface area contributed by atoms with Crippen LogP contribution < -0.4 is 10.2 Å². The van der Waals surface area contributed by atoms with Gasteiger partial charge >= 0.3 is 0 Å². The van der Waals surface area contributed by atoms with Crippen LogP contribution in [0.5, 0.6) is 0 Å². The molecule has 0 aliphatic carbocycles. The van der Waals surface area contributed by atoms with E-state index in [9.17, 15) is 0 Å². The number of aromatic nitrogens is 2. The van der Waals surface area contributed by atoms with Crippen molar-refractivity contribution in [2.24, 2.45) is 0 Å². The smallest absolute Gasteiger partial charge is 0.224 e. The third kappa shape index (κ3) is 3.70. The monoisotopic (exact) mass is 284 g/mol. The zero-order valence-corrected chi connectivity index (χ0v) is 12.3. The van der Waals surface area contributed by atoms with Gasteiger partial charge in [0.05, 0.1) is 12.3 Å². The topological polar surface area (TPSA) is 50.3 Å². The molecule has 6 heteroatoms. The molecule has 0 radical (unpaired) electrons. The van der Waals surface area contributed by atoms with E-state index in [2.05, 4.69) is 27.1 Å². The van der Waals surface area contributed by atoms with E-state index in [0.29, 0.717) is 17.1 Å². The number of anilines is 2. The summed E-state index contributed by atoms with van der Waals surface area (Å²) in [6, 6.07) is 0. The van der Waals surface area contributed by atoms with Crippen LogP contribution in [0.3, 0.4) is 0 Å². The van der Waals surface area contributed by atoms with Gasteiger partial charge in [-0.15, -0.1) is 0 Å². The standard InChI is InChI=1S/C13H21ClN4O/c1-3-6-15-13-16-9-11(14)12(17-13)18-7-4-10(19-2)5-8-18/h9-10H,3-8H2,1-2H3,(H,15,16,17). The van der Waals surface area contributed by atoms with Crippen molar-refractivity contribution < 1.29 is 4.74 Å². The first-order chi connectivity index (χ1) is 9.24. The lowest BCUT2D eigenvalue weighted by atomic mass is 10.1. The van der Waals surface area contributed by atoms with Gasteiger partial charge in [-0.1, -0.05) is 18.5 Å². The largest absolute Gasteiger partial charge is 0.381 e. The summed E-state index contributed by atoms with van der Waals surface area (Å²) in [4.78, 5) is 10.9. The van der Waals surface area contributed by atoms with Crippen LogP contribution >= 0.6 is 11.6 Å². The highest BCUT2D eigenvalue weighted by atomic mass is 35.5. The summed E-state index contributed by atoms with van der Waals surface area (Å²) in [6.07, 6.45) is 5.09. The van der Waals surface area contributed by atoms with Crippen molar-refractivity contribution in [3.05, 3.63) is 11.2 Å². The average Bonchev–Trinajstić information content (AvgIpc) is 2.46. The van der Waals surface area contributed by atoms with Crippen LogP contribution in [0.2, 0.25) is 5.02 Å². The van der Waals surface area contributed by atoms with E-state index in [1.807, 2.05) is 0 Å². The van der Waals surface area contributed by atoms with Crippen molar-refractivity contribution in [2.75, 3.05) is 37.0 Å². The third-order valence-electron chi connectivity index (χ3n) is 3.33. The first-order valence-electron chi connectivity index (χ1n) is 6.78. The number of halogens is 1. The minimum absolute atomic E-state index is 0.356. The normalized spacial score (nSPS) is 16.7. The lowest BCUT2D eigenvalue weighted by Crippen LogP contribution is -2.37. The molecular weight excluding hydrogens is 264 g/mol. The van der Waals surface area contributed by atoms with Crippen LogP contribution in [0.1, 0.15) is 26.2 Å². The van der Waals surface area contributed by atoms with Gasteiger partial charge in [-0.2, -0.15) is 4.98 Å². The fraction of sp³-hybridized carbons (Fsp3) is 0.692. The van der Waals surface area contributed by atoms with Crippen LogP contribution in [0.15, 0.2) is 6.20 Å². The van der Waals surface area contributed by atoms with Gasteiger partial charge in [0.25, 0.3) is 0 Å². The van der Waals surface area contributed by atoms with Gasteiger partial charge in [0, 0.05) is 26.7 Å². The summed E-state index contributed by atoms with van der Waals surface area (Å²) < 4.78 is 5.38. The first kappa shape index (κ1) is 14.3. The molecule has 0 amide bonds. The van der Waals surface area contributed by atoms with Gasteiger partial charge in [0.15, 0.2) is 5.82 Å². The van der Waals surface area contributed by atoms with E-state index in [4.69, 9.17) is 16.3 Å². The number of piperidine rings is 1. The van der Waals surface area contributed by atoms with Crippen molar-refractivity contribution in [3.63, 3.8) is 0 Å². The Morgan fingerprint density at radius 3 is 2.84 bits per heavy atom. The summed E-state index contributed by atoms with van der Waals surface area (Å²) in [5, 5.41) is 3.80. The van der Waals surface area contributed by atoms with Crippen LogP contribution in [-0.2, 0) is 4.74 Å². The lowest BCUT2D eigenvalue weighted by Gasteiger charge is -2.32. The third-order valence-corrected chi connectivity index (χ3v) is 3.60. The van der Waals surface area contributed by atoms with E-state index in [0.717, 1.165) is 44.7 Å². The molecule has 19 heavy (non-hydrogen) atoms. The number of methoxy groups -OCH3 is 1. The van der Waals surface area contributed by atoms with Crippen LogP contribution in [0, 0.1) is 0 Å². The van der Waals surface area contributed by atoms with Crippen molar-refractivity contribution in [1.29, 1.82) is 0 Å². The van der Waals surface area contributed by atoms with E-state index in [1.165, 1.54) is 0 Å². The zero-order valence-electron chi connectivity index (χ0n) is 11.5. The summed E-state index contributed by atoms with van der Waals surface area (Å²) in [5.74, 6) is 1.47. The number of hydrogen-bond acceptors (Lipinski definition) is 5. The van der Waals surface area contributed by atoms with E-state index in [-0.39, 0.29) is 0 Å². The van der Waals surface area contributed by atoms with Gasteiger partial charge in [0.2, 0.25) is 5.95 Å². The van der Waals surface area contributed by atoms with Crippen molar-refractivity contribution in [1.82, 2.24) is 9.97 Å². The number of hydrogen-bond donors (Lipinski definition) is 1. The second-order valence-electron chi connectivity index (χ2n) is 4.71. The predicted octanol–water partition coefficient (Wildman–Crippen LogP) is 2.57. The van der Waals surface area contributed by atoms with Gasteiger partial charge in [-0.25, -0.2) is 4.98 Å². The molecule has 1 N–H and O–H groups in total. The minimum Gasteiger partial charge on any atom is -0.381 e. The van der Waals surface area contributed by atoms with Crippen LogP contribution in [0.4, 0.5) is 11.8 Å². The maximum atomic E-state index is 6.21. The lowest BCUT2D eigenvalue weighted by molar-refractivity contribution is 0.0818. The fourth-order valence-electron chi connectivity index (χ4n) is 2.21. The molecule has 0 atom stereocenters. The maximum absolute atomic E-state index is 6.21. The molecule has 0 aromatic carbocycles. The summed E-state index contributed by atoms with van der Waals surface area (Å²) in [7, 11) is 1.77. The van der Waals surface area contributed by atoms with Gasteiger partial charge in [-0.05, 0) is 19.3 Å². The molecule has 1 saturated heterocycles. The van der Waals surface area contributed by atoms with E-state index in [1.54, 1.807) is 13.3 Å². The van der Waals surface area contributed by atoms with Crippen molar-refractivity contribution in [3.8, 4) is 0 Å². The Labute approximate surface area is 119 Å². The first-order valence-corrected chi connectivity index (χ1v) is 7.16. The molecule has 2 rings (SSSR count). The Bertz CT molecular complexity index is 408. The van der Waals surface area contributed by atoms with Crippen molar-refractivity contribution in [2.45, 2.75) is 32.3 Å². The molecule has 0 saturated carbocycles.